The van der Waals surface area contributed by atoms with Crippen molar-refractivity contribution in [3.8, 4) is 0 Å². The molecule has 0 aromatic heterocycles. The summed E-state index contributed by atoms with van der Waals surface area (Å²) >= 11 is 0. The summed E-state index contributed by atoms with van der Waals surface area (Å²) in [5, 5.41) is 29.7. The van der Waals surface area contributed by atoms with Crippen LogP contribution in [0.15, 0.2) is 23.8 Å². The Balaban J connectivity index is 2.85. The van der Waals surface area contributed by atoms with Crippen molar-refractivity contribution >= 4 is 17.9 Å². The summed E-state index contributed by atoms with van der Waals surface area (Å²) < 4.78 is 0. The summed E-state index contributed by atoms with van der Waals surface area (Å²) in [5.41, 5.74) is 0.830. The van der Waals surface area contributed by atoms with E-state index in [9.17, 15) is 14.4 Å². The van der Waals surface area contributed by atoms with Crippen molar-refractivity contribution in [2.75, 3.05) is 6.54 Å². The van der Waals surface area contributed by atoms with Crippen molar-refractivity contribution in [3.63, 3.8) is 0 Å². The molecule has 1 saturated heterocycles. The third-order valence-electron chi connectivity index (χ3n) is 3.91. The standard InChI is InChI=1S/C15H21NO6/c1-8(4-3-5-9(2)14(19)20)11-7-16-13(15(21)22)10(11)6-12(17)18/h3-5,9-11,13,16H,6-7H2,1-2H3,(H,17,18)(H,19,20)(H,21,22)/b5-3-,8-4+/t9-,10+,11-,13+/m1/s1. The Labute approximate surface area is 128 Å². The van der Waals surface area contributed by atoms with Gasteiger partial charge in [-0.1, -0.05) is 23.8 Å². The molecule has 0 spiro atoms. The van der Waals surface area contributed by atoms with Gasteiger partial charge in [0.2, 0.25) is 0 Å². The van der Waals surface area contributed by atoms with Gasteiger partial charge in [0.05, 0.1) is 12.3 Å². The fourth-order valence-electron chi connectivity index (χ4n) is 2.60. The van der Waals surface area contributed by atoms with Crippen LogP contribution in [0.5, 0.6) is 0 Å². The summed E-state index contributed by atoms with van der Waals surface area (Å²) in [5.74, 6) is -4.38. The summed E-state index contributed by atoms with van der Waals surface area (Å²) in [6, 6.07) is -0.883. The van der Waals surface area contributed by atoms with Crippen LogP contribution in [-0.2, 0) is 14.4 Å². The quantitative estimate of drug-likeness (QED) is 0.516. The molecule has 1 rings (SSSR count). The summed E-state index contributed by atoms with van der Waals surface area (Å²) in [6.45, 7) is 3.73. The molecule has 122 valence electrons. The van der Waals surface area contributed by atoms with Crippen molar-refractivity contribution in [2.45, 2.75) is 26.3 Å². The van der Waals surface area contributed by atoms with Crippen molar-refractivity contribution in [3.05, 3.63) is 23.8 Å². The maximum atomic E-state index is 11.2. The molecule has 1 aliphatic rings. The Morgan fingerprint density at radius 2 is 1.91 bits per heavy atom. The largest absolute Gasteiger partial charge is 0.481 e. The monoisotopic (exact) mass is 311 g/mol. The van der Waals surface area contributed by atoms with Gasteiger partial charge in [-0.15, -0.1) is 0 Å². The normalized spacial score (nSPS) is 27.0. The molecule has 1 heterocycles. The lowest BCUT2D eigenvalue weighted by Gasteiger charge is -2.20. The van der Waals surface area contributed by atoms with E-state index in [1.165, 1.54) is 6.08 Å². The molecule has 0 bridgehead atoms. The van der Waals surface area contributed by atoms with Crippen LogP contribution in [0.25, 0.3) is 0 Å². The number of hydrogen-bond acceptors (Lipinski definition) is 4. The first kappa shape index (κ1) is 17.9. The summed E-state index contributed by atoms with van der Waals surface area (Å²) in [6.07, 6.45) is 4.62. The fraction of sp³-hybridized carbons (Fsp3) is 0.533. The van der Waals surface area contributed by atoms with Gasteiger partial charge in [0.15, 0.2) is 0 Å². The van der Waals surface area contributed by atoms with E-state index in [0.717, 1.165) is 5.57 Å². The van der Waals surface area contributed by atoms with Crippen molar-refractivity contribution in [1.82, 2.24) is 5.32 Å². The van der Waals surface area contributed by atoms with Crippen LogP contribution in [0, 0.1) is 17.8 Å². The molecule has 0 aromatic carbocycles. The Kier molecular flexibility index (Phi) is 6.30. The van der Waals surface area contributed by atoms with E-state index in [4.69, 9.17) is 15.3 Å². The second-order valence-corrected chi connectivity index (χ2v) is 5.51. The molecule has 0 amide bonds. The topological polar surface area (TPSA) is 124 Å². The average Bonchev–Trinajstić information content (AvgIpc) is 2.81. The number of allylic oxidation sites excluding steroid dienone is 2. The SMILES string of the molecule is C/C(=C\C=C/[C@@H](C)C(=O)O)[C@H]1CN[C@H](C(=O)O)[C@H]1CC(=O)O. The number of carbonyl (C=O) groups is 3. The number of carboxylic acids is 3. The molecule has 0 saturated carbocycles. The third kappa shape index (κ3) is 4.70. The van der Waals surface area contributed by atoms with Gasteiger partial charge in [-0.2, -0.15) is 0 Å². The zero-order valence-corrected chi connectivity index (χ0v) is 12.5. The van der Waals surface area contributed by atoms with Crippen LogP contribution >= 0.6 is 0 Å². The van der Waals surface area contributed by atoms with Crippen molar-refractivity contribution in [2.24, 2.45) is 17.8 Å². The number of hydrogen-bond donors (Lipinski definition) is 4. The molecule has 1 fully saturated rings. The first-order valence-electron chi connectivity index (χ1n) is 6.99. The van der Waals surface area contributed by atoms with E-state index in [2.05, 4.69) is 5.32 Å². The smallest absolute Gasteiger partial charge is 0.321 e. The maximum absolute atomic E-state index is 11.2. The molecule has 4 N–H and O–H groups in total. The lowest BCUT2D eigenvalue weighted by molar-refractivity contribution is -0.142. The molecule has 0 aromatic rings. The van der Waals surface area contributed by atoms with E-state index in [-0.39, 0.29) is 12.3 Å². The van der Waals surface area contributed by atoms with Gasteiger partial charge in [0, 0.05) is 12.5 Å². The second-order valence-electron chi connectivity index (χ2n) is 5.51. The molecule has 1 aliphatic heterocycles. The number of nitrogens with one attached hydrogen (secondary N) is 1. The highest BCUT2D eigenvalue weighted by Gasteiger charge is 2.41. The van der Waals surface area contributed by atoms with Crippen LogP contribution in [0.1, 0.15) is 20.3 Å². The highest BCUT2D eigenvalue weighted by molar-refractivity contribution is 5.76. The Bertz CT molecular complexity index is 510. The van der Waals surface area contributed by atoms with Gasteiger partial charge in [0.25, 0.3) is 0 Å². The van der Waals surface area contributed by atoms with Gasteiger partial charge >= 0.3 is 17.9 Å². The molecule has 22 heavy (non-hydrogen) atoms. The first-order chi connectivity index (χ1) is 10.2. The lowest BCUT2D eigenvalue weighted by Crippen LogP contribution is -2.36. The van der Waals surface area contributed by atoms with Crippen molar-refractivity contribution < 1.29 is 29.7 Å². The molecule has 4 atom stereocenters. The molecule has 0 unspecified atom stereocenters. The Morgan fingerprint density at radius 3 is 2.41 bits per heavy atom. The van der Waals surface area contributed by atoms with Crippen LogP contribution in [0.3, 0.4) is 0 Å². The van der Waals surface area contributed by atoms with Gasteiger partial charge in [-0.25, -0.2) is 0 Å². The zero-order chi connectivity index (χ0) is 16.9. The Morgan fingerprint density at radius 1 is 1.27 bits per heavy atom. The third-order valence-corrected chi connectivity index (χ3v) is 3.91. The highest BCUT2D eigenvalue weighted by atomic mass is 16.4. The average molecular weight is 311 g/mol. The summed E-state index contributed by atoms with van der Waals surface area (Å²) in [7, 11) is 0. The Hall–Kier alpha value is -2.15. The van der Waals surface area contributed by atoms with E-state index in [1.54, 1.807) is 26.0 Å². The fourth-order valence-corrected chi connectivity index (χ4v) is 2.60. The van der Waals surface area contributed by atoms with Gasteiger partial charge in [-0.05, 0) is 19.8 Å². The number of aliphatic carboxylic acids is 3. The second kappa shape index (κ2) is 7.74. The molecule has 7 nitrogen and oxygen atoms in total. The number of carboxylic acid groups (broad SMARTS) is 3. The zero-order valence-electron chi connectivity index (χ0n) is 12.5. The highest BCUT2D eigenvalue weighted by Crippen LogP contribution is 2.31. The predicted octanol–water partition coefficient (Wildman–Crippen LogP) is 0.973. The van der Waals surface area contributed by atoms with Gasteiger partial charge in [0.1, 0.15) is 6.04 Å². The van der Waals surface area contributed by atoms with Crippen LogP contribution < -0.4 is 5.32 Å². The lowest BCUT2D eigenvalue weighted by atomic mass is 9.83. The van der Waals surface area contributed by atoms with E-state index in [1.807, 2.05) is 0 Å². The minimum Gasteiger partial charge on any atom is -0.481 e. The molecule has 7 heteroatoms. The van der Waals surface area contributed by atoms with Crippen LogP contribution in [-0.4, -0.2) is 45.8 Å². The molecular weight excluding hydrogens is 290 g/mol. The van der Waals surface area contributed by atoms with Crippen LogP contribution in [0.2, 0.25) is 0 Å². The van der Waals surface area contributed by atoms with E-state index < -0.39 is 35.8 Å². The van der Waals surface area contributed by atoms with E-state index in [0.29, 0.717) is 6.54 Å². The minimum atomic E-state index is -1.06. The first-order valence-corrected chi connectivity index (χ1v) is 6.99. The molecule has 0 aliphatic carbocycles. The van der Waals surface area contributed by atoms with Crippen molar-refractivity contribution in [1.29, 1.82) is 0 Å². The van der Waals surface area contributed by atoms with Crippen LogP contribution in [0.4, 0.5) is 0 Å². The molecule has 0 radical (unpaired) electrons. The van der Waals surface area contributed by atoms with Gasteiger partial charge < -0.3 is 20.6 Å². The van der Waals surface area contributed by atoms with E-state index >= 15 is 0 Å². The maximum Gasteiger partial charge on any atom is 0.321 e. The number of rotatable bonds is 7. The summed E-state index contributed by atoms with van der Waals surface area (Å²) in [4.78, 5) is 32.8. The minimum absolute atomic E-state index is 0.206. The predicted molar refractivity (Wildman–Crippen MR) is 78.4 cm³/mol. The molecular formula is C15H21NO6. The van der Waals surface area contributed by atoms with Gasteiger partial charge in [-0.3, -0.25) is 14.4 Å².